The first kappa shape index (κ1) is 11.3. The molecule has 0 aromatic heterocycles. The van der Waals surface area contributed by atoms with Crippen molar-refractivity contribution in [1.29, 1.82) is 0 Å². The van der Waals surface area contributed by atoms with Gasteiger partial charge < -0.3 is 10.1 Å². The number of thioether (sulfide) groups is 1. The number of carbonyl (C=O) groups excluding carboxylic acids is 2. The van der Waals surface area contributed by atoms with Crippen molar-refractivity contribution in [3.05, 3.63) is 0 Å². The van der Waals surface area contributed by atoms with Crippen LogP contribution in [-0.4, -0.2) is 42.7 Å². The van der Waals surface area contributed by atoms with Crippen LogP contribution in [0, 0.1) is 0 Å². The molecule has 0 aromatic rings. The summed E-state index contributed by atoms with van der Waals surface area (Å²) < 4.78 is 4.68. The highest BCUT2D eigenvalue weighted by Crippen LogP contribution is 2.08. The number of hydrogen-bond donors (Lipinski definition) is 2. The van der Waals surface area contributed by atoms with Gasteiger partial charge in [0.2, 0.25) is 5.91 Å². The second kappa shape index (κ2) is 5.87. The quantitative estimate of drug-likeness (QED) is 0.612. The van der Waals surface area contributed by atoms with E-state index in [4.69, 9.17) is 0 Å². The van der Waals surface area contributed by atoms with Crippen molar-refractivity contribution >= 4 is 23.6 Å². The lowest BCUT2D eigenvalue weighted by molar-refractivity contribution is -0.143. The molecule has 1 amide bonds. The molecule has 80 valence electrons. The molecule has 1 unspecified atom stereocenters. The van der Waals surface area contributed by atoms with Crippen LogP contribution in [0.4, 0.5) is 0 Å². The summed E-state index contributed by atoms with van der Waals surface area (Å²) in [6.45, 7) is 2.02. The molecule has 1 rings (SSSR count). The highest BCUT2D eigenvalue weighted by atomic mass is 32.2. The Kier molecular flexibility index (Phi) is 4.75. The summed E-state index contributed by atoms with van der Waals surface area (Å²) in [5, 5.41) is 5.53. The molecule has 6 heteroatoms. The van der Waals surface area contributed by atoms with Crippen molar-refractivity contribution in [3.8, 4) is 0 Å². The Morgan fingerprint density at radius 1 is 1.64 bits per heavy atom. The van der Waals surface area contributed by atoms with Gasteiger partial charge in [0.1, 0.15) is 6.54 Å². The lowest BCUT2D eigenvalue weighted by Crippen LogP contribution is -2.44. The molecule has 2 N–H and O–H groups in total. The van der Waals surface area contributed by atoms with Crippen molar-refractivity contribution in [1.82, 2.24) is 10.6 Å². The standard InChI is InChI=1S/C8H14N2O3S/c1-2-13-7(11)3-9-8(12)6-4-14-5-10-6/h6,10H,2-5H2,1H3,(H,9,12). The largest absolute Gasteiger partial charge is 0.465 e. The van der Waals surface area contributed by atoms with Gasteiger partial charge in [0, 0.05) is 11.6 Å². The minimum atomic E-state index is -0.397. The number of hydrogen-bond acceptors (Lipinski definition) is 5. The number of nitrogens with one attached hydrogen (secondary N) is 2. The van der Waals surface area contributed by atoms with Crippen LogP contribution in [0.25, 0.3) is 0 Å². The maximum Gasteiger partial charge on any atom is 0.325 e. The minimum Gasteiger partial charge on any atom is -0.465 e. The molecule has 0 aliphatic carbocycles. The molecular weight excluding hydrogens is 204 g/mol. The van der Waals surface area contributed by atoms with E-state index < -0.39 is 5.97 Å². The zero-order valence-corrected chi connectivity index (χ0v) is 8.86. The summed E-state index contributed by atoms with van der Waals surface area (Å²) in [5.41, 5.74) is 0. The minimum absolute atomic E-state index is 0.0461. The van der Waals surface area contributed by atoms with Crippen molar-refractivity contribution in [2.75, 3.05) is 24.8 Å². The van der Waals surface area contributed by atoms with Gasteiger partial charge in [-0.25, -0.2) is 0 Å². The molecular formula is C8H14N2O3S. The number of ether oxygens (including phenoxy) is 1. The van der Waals surface area contributed by atoms with Crippen molar-refractivity contribution < 1.29 is 14.3 Å². The van der Waals surface area contributed by atoms with E-state index in [1.165, 1.54) is 0 Å². The normalized spacial score (nSPS) is 20.5. The Hall–Kier alpha value is -0.750. The molecule has 0 bridgehead atoms. The van der Waals surface area contributed by atoms with Crippen LogP contribution in [0.3, 0.4) is 0 Å². The Morgan fingerprint density at radius 2 is 2.43 bits per heavy atom. The number of rotatable bonds is 4. The summed E-state index contributed by atoms with van der Waals surface area (Å²) in [7, 11) is 0. The Morgan fingerprint density at radius 3 is 3.00 bits per heavy atom. The van der Waals surface area contributed by atoms with Gasteiger partial charge in [-0.15, -0.1) is 11.8 Å². The third-order valence-corrected chi connectivity index (χ3v) is 2.68. The summed E-state index contributed by atoms with van der Waals surface area (Å²) in [6, 6.07) is -0.172. The highest BCUT2D eigenvalue weighted by molar-refractivity contribution is 7.99. The van der Waals surface area contributed by atoms with E-state index in [9.17, 15) is 9.59 Å². The average molecular weight is 218 g/mol. The number of esters is 1. The van der Waals surface area contributed by atoms with Crippen LogP contribution in [0.15, 0.2) is 0 Å². The Balaban J connectivity index is 2.17. The second-order valence-electron chi connectivity index (χ2n) is 2.79. The monoisotopic (exact) mass is 218 g/mol. The van der Waals surface area contributed by atoms with Crippen LogP contribution in [-0.2, 0) is 14.3 Å². The maximum atomic E-state index is 11.4. The SMILES string of the molecule is CCOC(=O)CNC(=O)C1CSCN1. The molecule has 1 aliphatic rings. The van der Waals surface area contributed by atoms with Gasteiger partial charge in [-0.05, 0) is 6.92 Å². The van der Waals surface area contributed by atoms with E-state index >= 15 is 0 Å². The summed E-state index contributed by atoms with van der Waals surface area (Å²) in [6.07, 6.45) is 0. The highest BCUT2D eigenvalue weighted by Gasteiger charge is 2.22. The molecule has 1 fully saturated rings. The summed E-state index contributed by atoms with van der Waals surface area (Å²) >= 11 is 1.67. The van der Waals surface area contributed by atoms with E-state index in [0.717, 1.165) is 11.6 Å². The van der Waals surface area contributed by atoms with Crippen LogP contribution in [0.1, 0.15) is 6.92 Å². The van der Waals surface area contributed by atoms with Crippen LogP contribution >= 0.6 is 11.8 Å². The van der Waals surface area contributed by atoms with Crippen molar-refractivity contribution in [2.45, 2.75) is 13.0 Å². The molecule has 0 spiro atoms. The fourth-order valence-corrected chi connectivity index (χ4v) is 2.00. The Bertz CT molecular complexity index is 217. The van der Waals surface area contributed by atoms with Gasteiger partial charge in [0.15, 0.2) is 0 Å². The zero-order chi connectivity index (χ0) is 10.4. The van der Waals surface area contributed by atoms with E-state index in [1.807, 2.05) is 0 Å². The average Bonchev–Trinajstić information content (AvgIpc) is 2.67. The van der Waals surface area contributed by atoms with Crippen LogP contribution in [0.2, 0.25) is 0 Å². The zero-order valence-electron chi connectivity index (χ0n) is 8.04. The third kappa shape index (κ3) is 3.55. The molecule has 0 aromatic carbocycles. The van der Waals surface area contributed by atoms with Crippen LogP contribution in [0.5, 0.6) is 0 Å². The van der Waals surface area contributed by atoms with Gasteiger partial charge in [-0.3, -0.25) is 14.9 Å². The first-order chi connectivity index (χ1) is 6.74. The van der Waals surface area contributed by atoms with Gasteiger partial charge in [0.25, 0.3) is 0 Å². The fraction of sp³-hybridized carbons (Fsp3) is 0.750. The lowest BCUT2D eigenvalue weighted by Gasteiger charge is -2.09. The van der Waals surface area contributed by atoms with Gasteiger partial charge in [-0.2, -0.15) is 0 Å². The molecule has 0 radical (unpaired) electrons. The van der Waals surface area contributed by atoms with E-state index in [0.29, 0.717) is 6.61 Å². The predicted molar refractivity (Wildman–Crippen MR) is 53.9 cm³/mol. The van der Waals surface area contributed by atoms with Gasteiger partial charge in [-0.1, -0.05) is 0 Å². The third-order valence-electron chi connectivity index (χ3n) is 1.75. The molecule has 1 heterocycles. The molecule has 14 heavy (non-hydrogen) atoms. The van der Waals surface area contributed by atoms with Crippen molar-refractivity contribution in [3.63, 3.8) is 0 Å². The fourth-order valence-electron chi connectivity index (χ4n) is 1.06. The summed E-state index contributed by atoms with van der Waals surface area (Å²) in [4.78, 5) is 22.3. The maximum absolute atomic E-state index is 11.4. The smallest absolute Gasteiger partial charge is 0.325 e. The lowest BCUT2D eigenvalue weighted by atomic mass is 10.3. The second-order valence-corrected chi connectivity index (χ2v) is 3.82. The number of amides is 1. The van der Waals surface area contributed by atoms with Crippen molar-refractivity contribution in [2.24, 2.45) is 0 Å². The first-order valence-electron chi connectivity index (χ1n) is 4.48. The van der Waals surface area contributed by atoms with Gasteiger partial charge >= 0.3 is 5.97 Å². The first-order valence-corrected chi connectivity index (χ1v) is 5.64. The van der Waals surface area contributed by atoms with Crippen LogP contribution < -0.4 is 10.6 Å². The molecule has 1 saturated heterocycles. The number of carbonyl (C=O) groups is 2. The van der Waals surface area contributed by atoms with E-state index in [-0.39, 0.29) is 18.5 Å². The Labute approximate surface area is 86.9 Å². The molecule has 1 aliphatic heterocycles. The molecule has 5 nitrogen and oxygen atoms in total. The van der Waals surface area contributed by atoms with E-state index in [1.54, 1.807) is 18.7 Å². The van der Waals surface area contributed by atoms with Gasteiger partial charge in [0.05, 0.1) is 12.6 Å². The summed E-state index contributed by atoms with van der Waals surface area (Å²) in [5.74, 6) is 1.01. The molecule has 1 atom stereocenters. The van der Waals surface area contributed by atoms with E-state index in [2.05, 4.69) is 15.4 Å². The predicted octanol–water partition coefficient (Wildman–Crippen LogP) is -0.672. The topological polar surface area (TPSA) is 67.4 Å². The molecule has 0 saturated carbocycles.